The number of benzene rings is 1. The van der Waals surface area contributed by atoms with Crippen molar-refractivity contribution in [2.45, 2.75) is 6.42 Å². The van der Waals surface area contributed by atoms with Crippen molar-refractivity contribution in [1.82, 2.24) is 10.3 Å². The topological polar surface area (TPSA) is 45.2 Å². The van der Waals surface area contributed by atoms with Gasteiger partial charge in [0.1, 0.15) is 10.8 Å². The summed E-state index contributed by atoms with van der Waals surface area (Å²) in [6.45, 7) is 2.48. The molecule has 0 radical (unpaired) electrons. The van der Waals surface area contributed by atoms with Crippen molar-refractivity contribution < 1.29 is 4.79 Å². The third-order valence-corrected chi connectivity index (χ3v) is 5.05. The van der Waals surface area contributed by atoms with Gasteiger partial charge < -0.3 is 10.2 Å². The van der Waals surface area contributed by atoms with E-state index in [0.717, 1.165) is 24.0 Å². The van der Waals surface area contributed by atoms with Gasteiger partial charge in [0.05, 0.1) is 5.02 Å². The maximum atomic E-state index is 12.2. The number of nitrogens with one attached hydrogen (secondary N) is 1. The number of anilines is 1. The minimum atomic E-state index is -0.289. The van der Waals surface area contributed by atoms with Gasteiger partial charge in [0.15, 0.2) is 0 Å². The summed E-state index contributed by atoms with van der Waals surface area (Å²) in [6.07, 6.45) is 1.03. The van der Waals surface area contributed by atoms with Crippen LogP contribution in [0.1, 0.15) is 16.9 Å². The molecule has 1 amide bonds. The molecule has 1 aromatic carbocycles. The van der Waals surface area contributed by atoms with Gasteiger partial charge in [0.25, 0.3) is 5.91 Å². The largest absolute Gasteiger partial charge is 0.371 e. The lowest BCUT2D eigenvalue weighted by molar-refractivity contribution is 0.0943. The van der Waals surface area contributed by atoms with E-state index in [2.05, 4.69) is 43.3 Å². The Kier molecular flexibility index (Phi) is 5.64. The molecule has 0 aliphatic carbocycles. The van der Waals surface area contributed by atoms with Crippen molar-refractivity contribution >= 4 is 50.7 Å². The van der Waals surface area contributed by atoms with E-state index in [9.17, 15) is 4.79 Å². The maximum absolute atomic E-state index is 12.2. The van der Waals surface area contributed by atoms with Crippen LogP contribution in [0, 0.1) is 5.92 Å². The molecule has 2 aromatic rings. The van der Waals surface area contributed by atoms with E-state index in [1.807, 2.05) is 12.1 Å². The van der Waals surface area contributed by atoms with E-state index in [1.54, 1.807) is 12.1 Å². The van der Waals surface area contributed by atoms with Crippen molar-refractivity contribution in [3.63, 3.8) is 0 Å². The van der Waals surface area contributed by atoms with Gasteiger partial charge in [0.2, 0.25) is 0 Å². The molecule has 2 heterocycles. The molecule has 1 N–H and O–H groups in total. The van der Waals surface area contributed by atoms with E-state index in [-0.39, 0.29) is 16.8 Å². The molecule has 24 heavy (non-hydrogen) atoms. The predicted octanol–water partition coefficient (Wildman–Crippen LogP) is 4.41. The standard InChI is InChI=1S/C17H16BrCl2N3O/c18-12-2-1-3-13(8-12)23-7-6-11(10-23)9-21-17(24)16-14(19)4-5-15(20)22-16/h1-5,8,11H,6-7,9-10H2,(H,21,24). The van der Waals surface area contributed by atoms with Gasteiger partial charge in [-0.15, -0.1) is 0 Å². The number of nitrogens with zero attached hydrogens (tertiary/aromatic N) is 2. The monoisotopic (exact) mass is 427 g/mol. The van der Waals surface area contributed by atoms with Crippen LogP contribution in [0.25, 0.3) is 0 Å². The molecule has 0 bridgehead atoms. The smallest absolute Gasteiger partial charge is 0.271 e. The Morgan fingerprint density at radius 3 is 2.96 bits per heavy atom. The number of carbonyl (C=O) groups excluding carboxylic acids is 1. The molecule has 1 aromatic heterocycles. The first-order valence-electron chi connectivity index (χ1n) is 7.63. The van der Waals surface area contributed by atoms with Crippen LogP contribution < -0.4 is 10.2 Å². The Hall–Kier alpha value is -1.30. The van der Waals surface area contributed by atoms with Crippen molar-refractivity contribution in [3.05, 3.63) is 56.7 Å². The zero-order chi connectivity index (χ0) is 17.1. The second-order valence-electron chi connectivity index (χ2n) is 5.76. The molecule has 0 spiro atoms. The minimum Gasteiger partial charge on any atom is -0.371 e. The summed E-state index contributed by atoms with van der Waals surface area (Å²) < 4.78 is 1.07. The third kappa shape index (κ3) is 4.21. The molecule has 0 saturated carbocycles. The van der Waals surface area contributed by atoms with Crippen LogP contribution in [0.5, 0.6) is 0 Å². The van der Waals surface area contributed by atoms with Crippen LogP contribution in [0.2, 0.25) is 10.2 Å². The molecule has 4 nitrogen and oxygen atoms in total. The molecule has 1 saturated heterocycles. The molecule has 7 heteroatoms. The summed E-state index contributed by atoms with van der Waals surface area (Å²) in [5.41, 5.74) is 1.36. The van der Waals surface area contributed by atoms with E-state index < -0.39 is 0 Å². The quantitative estimate of drug-likeness (QED) is 0.733. The van der Waals surface area contributed by atoms with Crippen LogP contribution in [0.3, 0.4) is 0 Å². The van der Waals surface area contributed by atoms with Crippen molar-refractivity contribution in [2.75, 3.05) is 24.5 Å². The molecule has 1 aliphatic rings. The highest BCUT2D eigenvalue weighted by Crippen LogP contribution is 2.26. The normalized spacial score (nSPS) is 17.1. The van der Waals surface area contributed by atoms with Crippen molar-refractivity contribution in [2.24, 2.45) is 5.92 Å². The lowest BCUT2D eigenvalue weighted by Gasteiger charge is -2.19. The highest BCUT2D eigenvalue weighted by molar-refractivity contribution is 9.10. The first-order chi connectivity index (χ1) is 11.5. The molecule has 126 valence electrons. The number of aromatic nitrogens is 1. The molecule has 1 aliphatic heterocycles. The number of hydrogen-bond donors (Lipinski definition) is 1. The van der Waals surface area contributed by atoms with E-state index in [0.29, 0.717) is 17.5 Å². The number of hydrogen-bond acceptors (Lipinski definition) is 3. The molecular weight excluding hydrogens is 413 g/mol. The first-order valence-corrected chi connectivity index (χ1v) is 9.18. The predicted molar refractivity (Wildman–Crippen MR) is 101 cm³/mol. The van der Waals surface area contributed by atoms with Gasteiger partial charge in [-0.3, -0.25) is 4.79 Å². The Labute approximate surface area is 159 Å². The van der Waals surface area contributed by atoms with E-state index in [1.165, 1.54) is 5.69 Å². The summed E-state index contributed by atoms with van der Waals surface area (Å²) in [6, 6.07) is 11.4. The van der Waals surface area contributed by atoms with Crippen LogP contribution in [0.4, 0.5) is 5.69 Å². The molecule has 1 fully saturated rings. The average Bonchev–Trinajstić information content (AvgIpc) is 3.04. The summed E-state index contributed by atoms with van der Waals surface area (Å²) in [5.74, 6) is 0.106. The third-order valence-electron chi connectivity index (χ3n) is 4.04. The van der Waals surface area contributed by atoms with Crippen molar-refractivity contribution in [1.29, 1.82) is 0 Å². The van der Waals surface area contributed by atoms with Gasteiger partial charge in [-0.2, -0.15) is 0 Å². The van der Waals surface area contributed by atoms with Gasteiger partial charge in [-0.25, -0.2) is 4.98 Å². The van der Waals surface area contributed by atoms with Crippen LogP contribution in [-0.4, -0.2) is 30.5 Å². The molecular formula is C17H16BrCl2N3O. The van der Waals surface area contributed by atoms with Gasteiger partial charge in [0, 0.05) is 29.8 Å². The van der Waals surface area contributed by atoms with Crippen LogP contribution in [0.15, 0.2) is 40.9 Å². The van der Waals surface area contributed by atoms with Crippen LogP contribution in [-0.2, 0) is 0 Å². The van der Waals surface area contributed by atoms with Gasteiger partial charge >= 0.3 is 0 Å². The number of amides is 1. The number of halogens is 3. The van der Waals surface area contributed by atoms with Gasteiger partial charge in [-0.05, 0) is 42.7 Å². The number of pyridine rings is 1. The minimum absolute atomic E-state index is 0.172. The highest BCUT2D eigenvalue weighted by Gasteiger charge is 2.24. The zero-order valence-electron chi connectivity index (χ0n) is 12.8. The summed E-state index contributed by atoms with van der Waals surface area (Å²) >= 11 is 15.3. The molecule has 3 rings (SSSR count). The second-order valence-corrected chi connectivity index (χ2v) is 7.47. The lowest BCUT2D eigenvalue weighted by Crippen LogP contribution is -2.31. The van der Waals surface area contributed by atoms with E-state index in [4.69, 9.17) is 23.2 Å². The Balaban J connectivity index is 1.56. The Morgan fingerprint density at radius 2 is 2.17 bits per heavy atom. The summed E-state index contributed by atoms with van der Waals surface area (Å²) in [5, 5.41) is 3.47. The Morgan fingerprint density at radius 1 is 1.33 bits per heavy atom. The number of carbonyl (C=O) groups is 1. The lowest BCUT2D eigenvalue weighted by atomic mass is 10.1. The second kappa shape index (κ2) is 7.72. The SMILES string of the molecule is O=C(NCC1CCN(c2cccc(Br)c2)C1)c1nc(Cl)ccc1Cl. The van der Waals surface area contributed by atoms with Crippen LogP contribution >= 0.6 is 39.1 Å². The first kappa shape index (κ1) is 17.5. The van der Waals surface area contributed by atoms with E-state index >= 15 is 0 Å². The number of rotatable bonds is 4. The maximum Gasteiger partial charge on any atom is 0.271 e. The average molecular weight is 429 g/mol. The van der Waals surface area contributed by atoms with Crippen molar-refractivity contribution in [3.8, 4) is 0 Å². The molecule has 1 unspecified atom stereocenters. The highest BCUT2D eigenvalue weighted by atomic mass is 79.9. The van der Waals surface area contributed by atoms with Gasteiger partial charge in [-0.1, -0.05) is 45.2 Å². The fourth-order valence-electron chi connectivity index (χ4n) is 2.80. The summed E-state index contributed by atoms with van der Waals surface area (Å²) in [7, 11) is 0. The fraction of sp³-hybridized carbons (Fsp3) is 0.294. The Bertz CT molecular complexity index is 756. The molecule has 1 atom stereocenters. The fourth-order valence-corrected chi connectivity index (χ4v) is 3.53. The zero-order valence-corrected chi connectivity index (χ0v) is 15.9. The summed E-state index contributed by atoms with van der Waals surface area (Å²) in [4.78, 5) is 18.6.